The Bertz CT molecular complexity index is 3310. The average Bonchev–Trinajstić information content (AvgIpc) is 2.50. The van der Waals surface area contributed by atoms with Crippen molar-refractivity contribution in [3.8, 4) is 0 Å². The Morgan fingerprint density at radius 3 is 1.94 bits per heavy atom. The molecule has 3 heterocycles. The van der Waals surface area contributed by atoms with Crippen LogP contribution in [0, 0.1) is 0 Å². The predicted octanol–water partition coefficient (Wildman–Crippen LogP) is 7.99. The highest BCUT2D eigenvalue weighted by molar-refractivity contribution is 7.87. The minimum Gasteiger partial charge on any atom is -0.378 e. The molecule has 436 valence electrons. The zero-order valence-electron chi connectivity index (χ0n) is 46.5. The molecule has 4 aromatic rings. The molecule has 81 heavy (non-hydrogen) atoms. The second-order valence-corrected chi connectivity index (χ2v) is 24.2. The smallest absolute Gasteiger partial charge is 0.335 e. The molecule has 21 heteroatoms. The van der Waals surface area contributed by atoms with Gasteiger partial charge in [0.1, 0.15) is 6.54 Å². The summed E-state index contributed by atoms with van der Waals surface area (Å²) in [7, 11) is -8.84. The number of allylic oxidation sites excluding steroid dienone is 8. The van der Waals surface area contributed by atoms with Gasteiger partial charge in [-0.1, -0.05) is 98.8 Å². The molecular formula is C60H75N4O15S2+. The monoisotopic (exact) mass is 1160 g/mol. The SMILES string of the molecule is CC1(C)C(/C=C/C=C/C=C/C=C2\N(CCCCS(=O)(=O)O)c3ccc4ccccc4c3C2(C)C)=[N+](CCCCCC(=O)NCCOCCOCCOCCOCCC(=O)ON2C(=O)CC(S(=O)(=O)O)C2=O)c2ccc3ccccc3c21. The highest BCUT2D eigenvalue weighted by Crippen LogP contribution is 2.51. The molecule has 4 aromatic carbocycles. The predicted molar refractivity (Wildman–Crippen MR) is 310 cm³/mol. The van der Waals surface area contributed by atoms with Gasteiger partial charge in [0.2, 0.25) is 11.6 Å². The molecule has 0 bridgehead atoms. The summed E-state index contributed by atoms with van der Waals surface area (Å²) in [5, 5.41) is 5.78. The third-order valence-electron chi connectivity index (χ3n) is 14.5. The van der Waals surface area contributed by atoms with Crippen molar-refractivity contribution in [3.63, 3.8) is 0 Å². The number of carbonyl (C=O) groups is 4. The second kappa shape index (κ2) is 28.5. The summed E-state index contributed by atoms with van der Waals surface area (Å²) in [5.74, 6) is -3.66. The third kappa shape index (κ3) is 16.4. The van der Waals surface area contributed by atoms with Gasteiger partial charge < -0.3 is 34.0 Å². The van der Waals surface area contributed by atoms with Gasteiger partial charge in [0, 0.05) is 60.4 Å². The standard InChI is InChI=1S/C60H74N4O15S2/c1-59(2)51(23-9-6-5-7-10-24-52-60(3,4)57-47-22-15-13-20-45(47)27-29-49(57)63(52)33-17-18-42-80(69,70)71)62(48-28-26-44-19-12-14-21-46(44)56(48)59)32-16-8-11-25-53(65)61-31-35-76-37-39-78-41-40-77-38-36-75-34-30-55(67)79-64-54(66)43-50(58(64)68)81(72,73)74/h5-7,9-10,12-15,19-24,26-29,50H,8,11,16-18,25,30-43H2,1-4H3,(H2-,61,65,69,70,71,72,73,74)/p+1. The van der Waals surface area contributed by atoms with Gasteiger partial charge in [0.25, 0.3) is 32.1 Å². The number of fused-ring (bicyclic) bond motifs is 6. The van der Waals surface area contributed by atoms with Crippen molar-refractivity contribution in [2.24, 2.45) is 0 Å². The maximum Gasteiger partial charge on any atom is 0.335 e. The van der Waals surface area contributed by atoms with Gasteiger partial charge in [-0.25, -0.2) is 4.79 Å². The van der Waals surface area contributed by atoms with Crippen molar-refractivity contribution in [2.75, 3.05) is 83.1 Å². The van der Waals surface area contributed by atoms with E-state index in [0.717, 1.165) is 37.2 Å². The lowest BCUT2D eigenvalue weighted by Crippen LogP contribution is -2.36. The Morgan fingerprint density at radius 1 is 0.679 bits per heavy atom. The number of hydrogen-bond donors (Lipinski definition) is 3. The van der Waals surface area contributed by atoms with Crippen LogP contribution >= 0.6 is 0 Å². The van der Waals surface area contributed by atoms with Crippen LogP contribution in [0.15, 0.2) is 121 Å². The molecule has 3 aliphatic rings. The number of amides is 3. The van der Waals surface area contributed by atoms with Crippen molar-refractivity contribution < 1.29 is 73.5 Å². The molecule has 1 unspecified atom stereocenters. The molecule has 0 aromatic heterocycles. The van der Waals surface area contributed by atoms with Gasteiger partial charge in [-0.15, -0.1) is 5.06 Å². The van der Waals surface area contributed by atoms with Crippen LogP contribution in [0.4, 0.5) is 11.4 Å². The Kier molecular flexibility index (Phi) is 21.9. The van der Waals surface area contributed by atoms with Crippen LogP contribution in [0.5, 0.6) is 0 Å². The largest absolute Gasteiger partial charge is 0.378 e. The van der Waals surface area contributed by atoms with E-state index in [2.05, 4.69) is 138 Å². The van der Waals surface area contributed by atoms with Gasteiger partial charge in [0.05, 0.1) is 76.9 Å². The zero-order chi connectivity index (χ0) is 58.2. The fourth-order valence-electron chi connectivity index (χ4n) is 10.7. The Morgan fingerprint density at radius 2 is 1.28 bits per heavy atom. The summed E-state index contributed by atoms with van der Waals surface area (Å²) >= 11 is 0. The topological polar surface area (TPSA) is 245 Å². The molecule has 3 amide bonds. The first kappa shape index (κ1) is 62.2. The average molecular weight is 1160 g/mol. The van der Waals surface area contributed by atoms with Crippen molar-refractivity contribution in [1.82, 2.24) is 10.4 Å². The first-order valence-electron chi connectivity index (χ1n) is 27.5. The van der Waals surface area contributed by atoms with E-state index in [4.69, 9.17) is 23.5 Å². The van der Waals surface area contributed by atoms with Crippen molar-refractivity contribution in [2.45, 2.75) is 95.1 Å². The minimum absolute atomic E-state index is 0.0227. The number of carbonyl (C=O) groups excluding carboxylic acids is 4. The summed E-state index contributed by atoms with van der Waals surface area (Å²) in [4.78, 5) is 55.3. The van der Waals surface area contributed by atoms with Crippen LogP contribution in [0.2, 0.25) is 0 Å². The lowest BCUT2D eigenvalue weighted by Gasteiger charge is -2.27. The number of anilines is 1. The molecule has 19 nitrogen and oxygen atoms in total. The second-order valence-electron chi connectivity index (χ2n) is 21.0. The van der Waals surface area contributed by atoms with E-state index in [1.807, 2.05) is 24.3 Å². The van der Waals surface area contributed by atoms with Crippen molar-refractivity contribution >= 4 is 82.6 Å². The van der Waals surface area contributed by atoms with Crippen LogP contribution < -0.4 is 10.2 Å². The molecule has 1 atom stereocenters. The molecule has 0 aliphatic carbocycles. The molecule has 3 N–H and O–H groups in total. The fourth-order valence-corrected chi connectivity index (χ4v) is 11.9. The Hall–Kier alpha value is -6.43. The minimum atomic E-state index is -4.81. The van der Waals surface area contributed by atoms with Crippen molar-refractivity contribution in [1.29, 1.82) is 0 Å². The van der Waals surface area contributed by atoms with E-state index in [9.17, 15) is 40.6 Å². The van der Waals surface area contributed by atoms with Crippen LogP contribution in [0.25, 0.3) is 21.5 Å². The van der Waals surface area contributed by atoms with E-state index in [-0.39, 0.29) is 60.4 Å². The van der Waals surface area contributed by atoms with Gasteiger partial charge in [-0.05, 0) is 84.8 Å². The highest BCUT2D eigenvalue weighted by Gasteiger charge is 2.49. The first-order chi connectivity index (χ1) is 38.7. The summed E-state index contributed by atoms with van der Waals surface area (Å²) in [6, 6.07) is 25.6. The number of nitrogens with zero attached hydrogens (tertiary/aromatic N) is 3. The van der Waals surface area contributed by atoms with Gasteiger partial charge in [-0.3, -0.25) is 23.5 Å². The Labute approximate surface area is 474 Å². The number of nitrogens with one attached hydrogen (secondary N) is 1. The lowest BCUT2D eigenvalue weighted by atomic mass is 9.79. The maximum atomic E-state index is 12.7. The summed E-state index contributed by atoms with van der Waals surface area (Å²) in [6.45, 7) is 12.7. The van der Waals surface area contributed by atoms with E-state index in [1.54, 1.807) is 0 Å². The molecular weight excluding hydrogens is 1080 g/mol. The quantitative estimate of drug-likeness (QED) is 0.0138. The number of benzene rings is 4. The van der Waals surface area contributed by atoms with E-state index >= 15 is 0 Å². The number of hydroxylamine groups is 2. The van der Waals surface area contributed by atoms with Gasteiger partial charge in [0.15, 0.2) is 11.0 Å². The number of unbranched alkanes of at least 4 members (excludes halogenated alkanes) is 3. The normalized spacial score (nSPS) is 17.6. The number of rotatable bonds is 32. The highest BCUT2D eigenvalue weighted by atomic mass is 32.2. The molecule has 0 spiro atoms. The van der Waals surface area contributed by atoms with Crippen LogP contribution in [0.1, 0.15) is 90.2 Å². The molecule has 0 radical (unpaired) electrons. The Balaban J connectivity index is 0.809. The molecule has 7 rings (SSSR count). The molecule has 1 saturated heterocycles. The maximum absolute atomic E-state index is 12.7. The lowest BCUT2D eigenvalue weighted by molar-refractivity contribution is -0.438. The van der Waals surface area contributed by atoms with E-state index in [0.29, 0.717) is 58.8 Å². The molecule has 1 fully saturated rings. The summed E-state index contributed by atoms with van der Waals surface area (Å²) in [5.41, 5.74) is 6.59. The summed E-state index contributed by atoms with van der Waals surface area (Å²) < 4.78 is 88.1. The van der Waals surface area contributed by atoms with E-state index < -0.39 is 49.7 Å². The number of imide groups is 1. The van der Waals surface area contributed by atoms with Crippen molar-refractivity contribution in [3.05, 3.63) is 132 Å². The van der Waals surface area contributed by atoms with Crippen LogP contribution in [-0.2, 0) is 74.0 Å². The zero-order valence-corrected chi connectivity index (χ0v) is 48.2. The number of ether oxygens (including phenoxy) is 4. The first-order valence-corrected chi connectivity index (χ1v) is 30.6. The fraction of sp³-hybridized carbons (Fsp3) is 0.450. The summed E-state index contributed by atoms with van der Waals surface area (Å²) in [6.07, 6.45) is 17.4. The van der Waals surface area contributed by atoms with Gasteiger partial charge in [-0.2, -0.15) is 21.4 Å². The van der Waals surface area contributed by atoms with Crippen LogP contribution in [-0.4, -0.2) is 148 Å². The molecule has 3 aliphatic heterocycles. The molecule has 0 saturated carbocycles. The third-order valence-corrected chi connectivity index (χ3v) is 16.4. The van der Waals surface area contributed by atoms with E-state index in [1.165, 1.54) is 44.1 Å². The van der Waals surface area contributed by atoms with Gasteiger partial charge >= 0.3 is 5.97 Å². The van der Waals surface area contributed by atoms with Crippen LogP contribution in [0.3, 0.4) is 0 Å². The number of hydrogen-bond acceptors (Lipinski definition) is 14.